The first kappa shape index (κ1) is 13.4. The van der Waals surface area contributed by atoms with Crippen molar-refractivity contribution in [3.63, 3.8) is 0 Å². The number of aliphatic carboxylic acids is 1. The highest BCUT2D eigenvalue weighted by molar-refractivity contribution is 7.89. The van der Waals surface area contributed by atoms with Crippen molar-refractivity contribution in [3.8, 4) is 0 Å². The van der Waals surface area contributed by atoms with Crippen molar-refractivity contribution in [1.82, 2.24) is 4.72 Å². The first-order valence-corrected chi connectivity index (χ1v) is 6.35. The highest BCUT2D eigenvalue weighted by Crippen LogP contribution is 2.10. The van der Waals surface area contributed by atoms with Crippen LogP contribution in [0.15, 0.2) is 41.8 Å². The summed E-state index contributed by atoms with van der Waals surface area (Å²) in [6, 6.07) is 5.72. The number of carbonyl (C=O) groups is 1. The molecule has 0 bridgehead atoms. The van der Waals surface area contributed by atoms with Crippen LogP contribution in [-0.4, -0.2) is 26.0 Å². The molecule has 1 rings (SSSR count). The lowest BCUT2D eigenvalue weighted by atomic mass is 10.2. The van der Waals surface area contributed by atoms with Crippen LogP contribution in [0.2, 0.25) is 0 Å². The molecule has 0 spiro atoms. The molecule has 0 fully saturated rings. The molecular weight excluding hydrogens is 242 g/mol. The Balaban J connectivity index is 2.86. The molecule has 1 aromatic rings. The second kappa shape index (κ2) is 5.60. The summed E-state index contributed by atoms with van der Waals surface area (Å²) in [5.74, 6) is -0.953. The van der Waals surface area contributed by atoms with Crippen molar-refractivity contribution in [2.45, 2.75) is 11.3 Å². The smallest absolute Gasteiger partial charge is 0.307 e. The van der Waals surface area contributed by atoms with Crippen LogP contribution in [0.3, 0.4) is 0 Å². The molecule has 0 heterocycles. The Morgan fingerprint density at radius 3 is 2.41 bits per heavy atom. The normalized spacial score (nSPS) is 11.1. The van der Waals surface area contributed by atoms with E-state index < -0.39 is 16.0 Å². The maximum Gasteiger partial charge on any atom is 0.307 e. The van der Waals surface area contributed by atoms with E-state index in [-0.39, 0.29) is 17.9 Å². The number of nitrogens with one attached hydrogen (secondary N) is 1. The number of carboxylic acid groups (broad SMARTS) is 1. The first-order valence-electron chi connectivity index (χ1n) is 4.87. The second-order valence-corrected chi connectivity index (χ2v) is 5.12. The van der Waals surface area contributed by atoms with Gasteiger partial charge in [0.25, 0.3) is 0 Å². The molecule has 0 aromatic heterocycles. The minimum absolute atomic E-state index is 0.105. The topological polar surface area (TPSA) is 83.5 Å². The van der Waals surface area contributed by atoms with Crippen LogP contribution in [0.25, 0.3) is 0 Å². The summed E-state index contributed by atoms with van der Waals surface area (Å²) in [5.41, 5.74) is 0.556. The lowest BCUT2D eigenvalue weighted by Crippen LogP contribution is -2.23. The molecule has 0 saturated carbocycles. The summed E-state index contributed by atoms with van der Waals surface area (Å²) in [6.45, 7) is 3.56. The molecule has 0 unspecified atom stereocenters. The molecule has 0 aliphatic rings. The lowest BCUT2D eigenvalue weighted by Gasteiger charge is -2.05. The van der Waals surface area contributed by atoms with Gasteiger partial charge in [-0.2, -0.15) is 0 Å². The molecule has 92 valence electrons. The zero-order valence-corrected chi connectivity index (χ0v) is 9.90. The van der Waals surface area contributed by atoms with Gasteiger partial charge in [0.1, 0.15) is 0 Å². The van der Waals surface area contributed by atoms with Crippen molar-refractivity contribution in [2.24, 2.45) is 0 Å². The van der Waals surface area contributed by atoms with Crippen molar-refractivity contribution >= 4 is 16.0 Å². The van der Waals surface area contributed by atoms with E-state index in [1.807, 2.05) is 0 Å². The molecule has 0 radical (unpaired) electrons. The van der Waals surface area contributed by atoms with E-state index >= 15 is 0 Å². The Hall–Kier alpha value is -1.66. The average molecular weight is 255 g/mol. The van der Waals surface area contributed by atoms with Gasteiger partial charge < -0.3 is 5.11 Å². The standard InChI is InChI=1S/C11H13NO4S/c1-2-7-12-17(15,16)10-5-3-9(4-6-10)8-11(13)14/h2-6,12H,1,7-8H2,(H,13,14). The van der Waals surface area contributed by atoms with E-state index in [0.717, 1.165) is 0 Å². The maximum absolute atomic E-state index is 11.6. The quantitative estimate of drug-likeness (QED) is 0.736. The minimum Gasteiger partial charge on any atom is -0.481 e. The van der Waals surface area contributed by atoms with Crippen LogP contribution in [0.1, 0.15) is 5.56 Å². The van der Waals surface area contributed by atoms with Crippen molar-refractivity contribution in [2.75, 3.05) is 6.54 Å². The van der Waals surface area contributed by atoms with Gasteiger partial charge >= 0.3 is 5.97 Å². The predicted molar refractivity (Wildman–Crippen MR) is 63.2 cm³/mol. The van der Waals surface area contributed by atoms with E-state index in [9.17, 15) is 13.2 Å². The van der Waals surface area contributed by atoms with Crippen LogP contribution in [0.5, 0.6) is 0 Å². The fraction of sp³-hybridized carbons (Fsp3) is 0.182. The van der Waals surface area contributed by atoms with Crippen LogP contribution in [-0.2, 0) is 21.2 Å². The van der Waals surface area contributed by atoms with Gasteiger partial charge in [0.15, 0.2) is 0 Å². The van der Waals surface area contributed by atoms with Crippen LogP contribution < -0.4 is 4.72 Å². The lowest BCUT2D eigenvalue weighted by molar-refractivity contribution is -0.136. The third kappa shape index (κ3) is 4.01. The van der Waals surface area contributed by atoms with Crippen molar-refractivity contribution < 1.29 is 18.3 Å². The monoisotopic (exact) mass is 255 g/mol. The fourth-order valence-electron chi connectivity index (χ4n) is 1.21. The number of sulfonamides is 1. The summed E-state index contributed by atoms with van der Waals surface area (Å²) >= 11 is 0. The average Bonchev–Trinajstić information content (AvgIpc) is 2.26. The maximum atomic E-state index is 11.6. The molecule has 0 aliphatic carbocycles. The first-order chi connectivity index (χ1) is 7.95. The molecular formula is C11H13NO4S. The SMILES string of the molecule is C=CCNS(=O)(=O)c1ccc(CC(=O)O)cc1. The van der Waals surface area contributed by atoms with E-state index in [4.69, 9.17) is 5.11 Å². The minimum atomic E-state index is -3.54. The predicted octanol–water partition coefficient (Wildman–Crippen LogP) is 0.778. The summed E-state index contributed by atoms with van der Waals surface area (Å²) in [6.07, 6.45) is 1.32. The Labute approximate surface area is 99.8 Å². The van der Waals surface area contributed by atoms with E-state index in [1.54, 1.807) is 0 Å². The number of carboxylic acids is 1. The number of hydrogen-bond donors (Lipinski definition) is 2. The van der Waals surface area contributed by atoms with Gasteiger partial charge in [0, 0.05) is 6.54 Å². The summed E-state index contributed by atoms with van der Waals surface area (Å²) < 4.78 is 25.6. The van der Waals surface area contributed by atoms with Gasteiger partial charge in [0.05, 0.1) is 11.3 Å². The number of hydrogen-bond acceptors (Lipinski definition) is 3. The Bertz CT molecular complexity index is 505. The third-order valence-electron chi connectivity index (χ3n) is 2.01. The fourth-order valence-corrected chi connectivity index (χ4v) is 2.21. The molecule has 6 heteroatoms. The zero-order valence-electron chi connectivity index (χ0n) is 9.09. The molecule has 0 amide bonds. The Kier molecular flexibility index (Phi) is 4.42. The van der Waals surface area contributed by atoms with Gasteiger partial charge in [0.2, 0.25) is 10.0 Å². The summed E-state index contributed by atoms with van der Waals surface area (Å²) in [7, 11) is -3.54. The van der Waals surface area contributed by atoms with Gasteiger partial charge in [-0.05, 0) is 17.7 Å². The summed E-state index contributed by atoms with van der Waals surface area (Å²) in [5, 5.41) is 8.57. The zero-order chi connectivity index (χ0) is 12.9. The van der Waals surface area contributed by atoms with E-state index in [0.29, 0.717) is 5.56 Å². The molecule has 0 saturated heterocycles. The molecule has 0 atom stereocenters. The highest BCUT2D eigenvalue weighted by Gasteiger charge is 2.12. The third-order valence-corrected chi connectivity index (χ3v) is 3.45. The van der Waals surface area contributed by atoms with Gasteiger partial charge in [-0.1, -0.05) is 18.2 Å². The molecule has 0 aliphatic heterocycles. The second-order valence-electron chi connectivity index (χ2n) is 3.36. The van der Waals surface area contributed by atoms with Crippen LogP contribution in [0, 0.1) is 0 Å². The van der Waals surface area contributed by atoms with Gasteiger partial charge in [-0.15, -0.1) is 6.58 Å². The largest absolute Gasteiger partial charge is 0.481 e. The van der Waals surface area contributed by atoms with E-state index in [2.05, 4.69) is 11.3 Å². The van der Waals surface area contributed by atoms with Crippen molar-refractivity contribution in [3.05, 3.63) is 42.5 Å². The highest BCUT2D eigenvalue weighted by atomic mass is 32.2. The summed E-state index contributed by atoms with van der Waals surface area (Å²) in [4.78, 5) is 10.6. The van der Waals surface area contributed by atoms with Crippen LogP contribution in [0.4, 0.5) is 0 Å². The molecule has 17 heavy (non-hydrogen) atoms. The van der Waals surface area contributed by atoms with Crippen LogP contribution >= 0.6 is 0 Å². The molecule has 2 N–H and O–H groups in total. The molecule has 5 nitrogen and oxygen atoms in total. The Morgan fingerprint density at radius 2 is 1.94 bits per heavy atom. The van der Waals surface area contributed by atoms with Crippen molar-refractivity contribution in [1.29, 1.82) is 0 Å². The molecule has 1 aromatic carbocycles. The number of benzene rings is 1. The Morgan fingerprint density at radius 1 is 1.35 bits per heavy atom. The van der Waals surface area contributed by atoms with E-state index in [1.165, 1.54) is 30.3 Å². The van der Waals surface area contributed by atoms with Gasteiger partial charge in [-0.25, -0.2) is 13.1 Å². The van der Waals surface area contributed by atoms with Gasteiger partial charge in [-0.3, -0.25) is 4.79 Å². The number of rotatable bonds is 6.